The van der Waals surface area contributed by atoms with Crippen LogP contribution >= 0.6 is 11.6 Å². The molecule has 0 heterocycles. The van der Waals surface area contributed by atoms with Gasteiger partial charge < -0.3 is 5.32 Å². The van der Waals surface area contributed by atoms with Gasteiger partial charge in [-0.05, 0) is 50.4 Å². The first kappa shape index (κ1) is 14.8. The smallest absolute Gasteiger partial charge is 0.182 e. The molecule has 0 amide bonds. The zero-order chi connectivity index (χ0) is 14.0. The van der Waals surface area contributed by atoms with Gasteiger partial charge in [-0.2, -0.15) is 0 Å². The number of benzene rings is 1. The summed E-state index contributed by atoms with van der Waals surface area (Å²) in [6.45, 7) is 2.12. The lowest BCUT2D eigenvalue weighted by Crippen LogP contribution is -2.46. The monoisotopic (exact) mass is 301 g/mol. The third-order valence-corrected chi connectivity index (χ3v) is 6.41. The first-order valence-electron chi connectivity index (χ1n) is 6.62. The summed E-state index contributed by atoms with van der Waals surface area (Å²) in [5.74, 6) is 0.448. The second-order valence-corrected chi connectivity index (χ2v) is 7.96. The standard InChI is InChI=1S/C14H20ClNO2S/c1-10-6-7-13(16-2)14(8-10)19(17,18)12-5-3-4-11(15)9-12/h3-5,9-10,13-14,16H,6-8H2,1-2H3. The van der Waals surface area contributed by atoms with Gasteiger partial charge in [0, 0.05) is 11.1 Å². The Bertz CT molecular complexity index is 544. The maximum Gasteiger partial charge on any atom is 0.182 e. The molecule has 1 aliphatic carbocycles. The molecule has 1 aliphatic rings. The van der Waals surface area contributed by atoms with Crippen molar-refractivity contribution in [2.24, 2.45) is 5.92 Å². The first-order chi connectivity index (χ1) is 8.95. The van der Waals surface area contributed by atoms with Gasteiger partial charge in [0.1, 0.15) is 0 Å². The number of rotatable bonds is 3. The Morgan fingerprint density at radius 2 is 2.05 bits per heavy atom. The fraction of sp³-hybridized carbons (Fsp3) is 0.571. The average Bonchev–Trinajstić information content (AvgIpc) is 2.38. The first-order valence-corrected chi connectivity index (χ1v) is 8.54. The number of halogens is 1. The van der Waals surface area contributed by atoms with Crippen LogP contribution in [0.25, 0.3) is 0 Å². The lowest BCUT2D eigenvalue weighted by atomic mass is 9.87. The summed E-state index contributed by atoms with van der Waals surface area (Å²) in [5, 5.41) is 3.26. The van der Waals surface area contributed by atoms with E-state index in [-0.39, 0.29) is 11.3 Å². The van der Waals surface area contributed by atoms with Crippen LogP contribution in [0.4, 0.5) is 0 Å². The summed E-state index contributed by atoms with van der Waals surface area (Å²) >= 11 is 5.91. The summed E-state index contributed by atoms with van der Waals surface area (Å²) < 4.78 is 25.5. The lowest BCUT2D eigenvalue weighted by Gasteiger charge is -2.34. The molecule has 1 N–H and O–H groups in total. The SMILES string of the molecule is CNC1CCC(C)CC1S(=O)(=O)c1cccc(Cl)c1. The summed E-state index contributed by atoms with van der Waals surface area (Å²) in [4.78, 5) is 0.333. The number of hydrogen-bond donors (Lipinski definition) is 1. The second-order valence-electron chi connectivity index (χ2n) is 5.35. The van der Waals surface area contributed by atoms with Gasteiger partial charge in [0.15, 0.2) is 9.84 Å². The van der Waals surface area contributed by atoms with E-state index in [0.29, 0.717) is 22.3 Å². The molecule has 3 unspecified atom stereocenters. The minimum Gasteiger partial charge on any atom is -0.316 e. The fourth-order valence-corrected chi connectivity index (χ4v) is 5.27. The molecule has 1 aromatic carbocycles. The second kappa shape index (κ2) is 5.81. The van der Waals surface area contributed by atoms with E-state index in [4.69, 9.17) is 11.6 Å². The minimum atomic E-state index is -3.33. The number of nitrogens with one attached hydrogen (secondary N) is 1. The third kappa shape index (κ3) is 3.12. The zero-order valence-electron chi connectivity index (χ0n) is 11.3. The van der Waals surface area contributed by atoms with Crippen LogP contribution in [0.5, 0.6) is 0 Å². The third-order valence-electron chi connectivity index (χ3n) is 3.95. The summed E-state index contributed by atoms with van der Waals surface area (Å²) in [6.07, 6.45) is 2.69. The Kier molecular flexibility index (Phi) is 4.54. The van der Waals surface area contributed by atoms with Crippen LogP contribution in [0.1, 0.15) is 26.2 Å². The number of sulfone groups is 1. The fourth-order valence-electron chi connectivity index (χ4n) is 2.82. The van der Waals surface area contributed by atoms with Crippen LogP contribution in [0, 0.1) is 5.92 Å². The lowest BCUT2D eigenvalue weighted by molar-refractivity contribution is 0.319. The number of hydrogen-bond acceptors (Lipinski definition) is 3. The largest absolute Gasteiger partial charge is 0.316 e. The molecule has 1 fully saturated rings. The highest BCUT2D eigenvalue weighted by Gasteiger charge is 2.38. The van der Waals surface area contributed by atoms with Gasteiger partial charge in [-0.1, -0.05) is 24.6 Å². The molecule has 19 heavy (non-hydrogen) atoms. The molecule has 0 aromatic heterocycles. The van der Waals surface area contributed by atoms with Gasteiger partial charge in [-0.25, -0.2) is 8.42 Å². The molecule has 106 valence electrons. The van der Waals surface area contributed by atoms with Crippen molar-refractivity contribution in [1.29, 1.82) is 0 Å². The van der Waals surface area contributed by atoms with Gasteiger partial charge in [-0.15, -0.1) is 0 Å². The van der Waals surface area contributed by atoms with Gasteiger partial charge in [-0.3, -0.25) is 0 Å². The molecule has 0 bridgehead atoms. The van der Waals surface area contributed by atoms with Crippen molar-refractivity contribution < 1.29 is 8.42 Å². The van der Waals surface area contributed by atoms with Gasteiger partial charge in [0.05, 0.1) is 10.1 Å². The minimum absolute atomic E-state index is 0.0279. The molecule has 0 spiro atoms. The molecule has 0 aliphatic heterocycles. The molecular formula is C14H20ClNO2S. The molecule has 0 saturated heterocycles. The Morgan fingerprint density at radius 3 is 2.68 bits per heavy atom. The van der Waals surface area contributed by atoms with E-state index in [0.717, 1.165) is 12.8 Å². The van der Waals surface area contributed by atoms with E-state index >= 15 is 0 Å². The predicted octanol–water partition coefficient (Wildman–Crippen LogP) is 2.89. The van der Waals surface area contributed by atoms with Crippen molar-refractivity contribution in [3.8, 4) is 0 Å². The van der Waals surface area contributed by atoms with E-state index in [1.807, 2.05) is 7.05 Å². The topological polar surface area (TPSA) is 46.2 Å². The van der Waals surface area contributed by atoms with E-state index in [2.05, 4.69) is 12.2 Å². The van der Waals surface area contributed by atoms with Crippen molar-refractivity contribution >= 4 is 21.4 Å². The highest BCUT2D eigenvalue weighted by atomic mass is 35.5. The molecule has 5 heteroatoms. The highest BCUT2D eigenvalue weighted by Crippen LogP contribution is 2.32. The van der Waals surface area contributed by atoms with Crippen LogP contribution in [-0.2, 0) is 9.84 Å². The van der Waals surface area contributed by atoms with E-state index < -0.39 is 9.84 Å². The molecular weight excluding hydrogens is 282 g/mol. The Morgan fingerprint density at radius 1 is 1.32 bits per heavy atom. The maximum atomic E-state index is 12.8. The van der Waals surface area contributed by atoms with Crippen LogP contribution in [0.2, 0.25) is 5.02 Å². The van der Waals surface area contributed by atoms with E-state index in [1.54, 1.807) is 24.3 Å². The predicted molar refractivity (Wildman–Crippen MR) is 78.3 cm³/mol. The van der Waals surface area contributed by atoms with Crippen molar-refractivity contribution in [3.63, 3.8) is 0 Å². The summed E-state index contributed by atoms with van der Waals surface area (Å²) in [5.41, 5.74) is 0. The van der Waals surface area contributed by atoms with Crippen molar-refractivity contribution in [2.45, 2.75) is 42.4 Å². The molecule has 1 aromatic rings. The molecule has 3 nitrogen and oxygen atoms in total. The molecule has 2 rings (SSSR count). The Labute approximate surface area is 120 Å². The highest BCUT2D eigenvalue weighted by molar-refractivity contribution is 7.92. The quantitative estimate of drug-likeness (QED) is 0.934. The van der Waals surface area contributed by atoms with Crippen LogP contribution in [-0.4, -0.2) is 26.8 Å². The van der Waals surface area contributed by atoms with Gasteiger partial charge in [0.2, 0.25) is 0 Å². The maximum absolute atomic E-state index is 12.8. The average molecular weight is 302 g/mol. The van der Waals surface area contributed by atoms with Crippen molar-refractivity contribution in [2.75, 3.05) is 7.05 Å². The molecule has 1 saturated carbocycles. The van der Waals surface area contributed by atoms with Gasteiger partial charge in [0.25, 0.3) is 0 Å². The van der Waals surface area contributed by atoms with Gasteiger partial charge >= 0.3 is 0 Å². The summed E-state index contributed by atoms with van der Waals surface area (Å²) in [6, 6.07) is 6.59. The summed E-state index contributed by atoms with van der Waals surface area (Å²) in [7, 11) is -1.49. The van der Waals surface area contributed by atoms with E-state index in [9.17, 15) is 8.42 Å². The van der Waals surface area contributed by atoms with Crippen molar-refractivity contribution in [3.05, 3.63) is 29.3 Å². The molecule has 3 atom stereocenters. The zero-order valence-corrected chi connectivity index (χ0v) is 12.8. The van der Waals surface area contributed by atoms with Crippen LogP contribution in [0.3, 0.4) is 0 Å². The van der Waals surface area contributed by atoms with E-state index in [1.165, 1.54) is 0 Å². The Hall–Kier alpha value is -0.580. The normalized spacial score (nSPS) is 28.3. The van der Waals surface area contributed by atoms with Crippen LogP contribution < -0.4 is 5.32 Å². The van der Waals surface area contributed by atoms with Crippen molar-refractivity contribution in [1.82, 2.24) is 5.32 Å². The Balaban J connectivity index is 2.36. The van der Waals surface area contributed by atoms with Crippen LogP contribution in [0.15, 0.2) is 29.2 Å². The molecule has 0 radical (unpaired) electrons.